The third-order valence-corrected chi connectivity index (χ3v) is 2.45. The number of halogens is 2. The molecule has 0 bridgehead atoms. The molecule has 1 aromatic carbocycles. The number of hydrogen-bond acceptors (Lipinski definition) is 4. The summed E-state index contributed by atoms with van der Waals surface area (Å²) in [7, 11) is 1.32. The maximum Gasteiger partial charge on any atom is 0.408 e. The fourth-order valence-electron chi connectivity index (χ4n) is 1.48. The van der Waals surface area contributed by atoms with E-state index in [9.17, 15) is 8.78 Å². The summed E-state index contributed by atoms with van der Waals surface area (Å²) in [6, 6.07) is 6.24. The first-order chi connectivity index (χ1) is 8.98. The van der Waals surface area contributed by atoms with E-state index in [2.05, 4.69) is 14.7 Å². The minimum absolute atomic E-state index is 0.0863. The summed E-state index contributed by atoms with van der Waals surface area (Å²) in [6.07, 6.45) is 3.27. The summed E-state index contributed by atoms with van der Waals surface area (Å²) in [5.41, 5.74) is 6.99. The van der Waals surface area contributed by atoms with Crippen molar-refractivity contribution in [3.05, 3.63) is 42.5 Å². The lowest BCUT2D eigenvalue weighted by Gasteiger charge is -2.12. The van der Waals surface area contributed by atoms with Gasteiger partial charge in [-0.25, -0.2) is 9.97 Å². The fraction of sp³-hybridized carbons (Fsp3) is 0.167. The minimum atomic E-state index is -3.27. The fourth-order valence-corrected chi connectivity index (χ4v) is 1.62. The van der Waals surface area contributed by atoms with E-state index in [0.29, 0.717) is 5.82 Å². The molecule has 0 radical (unpaired) electrons. The monoisotopic (exact) mass is 283 g/mol. The highest BCUT2D eigenvalue weighted by Gasteiger charge is 2.23. The molecule has 1 heterocycles. The van der Waals surface area contributed by atoms with E-state index in [1.165, 1.54) is 21.4 Å². The van der Waals surface area contributed by atoms with Crippen LogP contribution < -0.4 is 10.5 Å². The second-order valence-electron chi connectivity index (χ2n) is 3.78. The minimum Gasteiger partial charge on any atom is -0.430 e. The van der Waals surface area contributed by atoms with Gasteiger partial charge < -0.3 is 10.5 Å². The molecule has 0 aliphatic carbocycles. The molecule has 1 unspecified atom stereocenters. The largest absolute Gasteiger partial charge is 0.430 e. The van der Waals surface area contributed by atoms with E-state index in [0.717, 1.165) is 11.1 Å². The first-order valence-electron chi connectivity index (χ1n) is 5.45. The molecular weight excluding hydrogens is 271 g/mol. The van der Waals surface area contributed by atoms with Crippen molar-refractivity contribution in [1.82, 2.24) is 9.97 Å². The van der Waals surface area contributed by atoms with Crippen molar-refractivity contribution in [2.75, 3.05) is 0 Å². The van der Waals surface area contributed by atoms with Crippen LogP contribution in [-0.2, 0) is 6.54 Å². The molecule has 1 atom stereocenters. The van der Waals surface area contributed by atoms with Crippen LogP contribution in [0.4, 0.5) is 8.78 Å². The van der Waals surface area contributed by atoms with Crippen molar-refractivity contribution in [1.29, 1.82) is 0 Å². The molecule has 2 N–H and O–H groups in total. The molecule has 0 aliphatic heterocycles. The summed E-state index contributed by atoms with van der Waals surface area (Å²) < 4.78 is 29.7. The van der Waals surface area contributed by atoms with Crippen LogP contribution in [0.3, 0.4) is 0 Å². The highest BCUT2D eigenvalue weighted by atomic mass is 31.0. The van der Waals surface area contributed by atoms with Crippen LogP contribution in [0.25, 0.3) is 11.1 Å². The van der Waals surface area contributed by atoms with E-state index in [-0.39, 0.29) is 12.3 Å². The van der Waals surface area contributed by atoms with Gasteiger partial charge in [0.2, 0.25) is 0 Å². The smallest absolute Gasteiger partial charge is 0.408 e. The number of rotatable bonds is 4. The average Bonchev–Trinajstić information content (AvgIpc) is 2.38. The van der Waals surface area contributed by atoms with Crippen LogP contribution in [0.2, 0.25) is 0 Å². The second kappa shape index (κ2) is 5.55. The number of hydrogen-bond donors (Lipinski definition) is 1. The Morgan fingerprint density at radius 2 is 1.68 bits per heavy atom. The Bertz CT molecular complexity index is 540. The van der Waals surface area contributed by atoms with Crippen molar-refractivity contribution < 1.29 is 13.5 Å². The Kier molecular flexibility index (Phi) is 4.02. The lowest BCUT2D eigenvalue weighted by molar-refractivity contribution is -0.0892. The molecular formula is C12H12F2N3OP. The average molecular weight is 283 g/mol. The van der Waals surface area contributed by atoms with Gasteiger partial charge in [0.25, 0.3) is 0 Å². The number of nitrogens with zero attached hydrogens (tertiary/aromatic N) is 2. The zero-order valence-electron chi connectivity index (χ0n) is 9.88. The molecule has 4 nitrogen and oxygen atoms in total. The van der Waals surface area contributed by atoms with Gasteiger partial charge in [0.1, 0.15) is 11.6 Å². The van der Waals surface area contributed by atoms with Crippen LogP contribution in [-0.4, -0.2) is 15.8 Å². The van der Waals surface area contributed by atoms with E-state index in [4.69, 9.17) is 5.73 Å². The highest BCUT2D eigenvalue weighted by molar-refractivity contribution is 7.17. The van der Waals surface area contributed by atoms with Gasteiger partial charge in [-0.2, -0.15) is 8.78 Å². The Morgan fingerprint density at radius 3 is 2.16 bits per heavy atom. The third-order valence-electron chi connectivity index (χ3n) is 2.33. The zero-order valence-corrected chi connectivity index (χ0v) is 11.0. The number of benzene rings is 1. The van der Waals surface area contributed by atoms with Crippen molar-refractivity contribution >= 4 is 9.24 Å². The molecule has 0 fully saturated rings. The first kappa shape index (κ1) is 13.8. The third kappa shape index (κ3) is 3.91. The van der Waals surface area contributed by atoms with Crippen LogP contribution in [0.5, 0.6) is 5.75 Å². The maximum atomic E-state index is 12.6. The van der Waals surface area contributed by atoms with E-state index < -0.39 is 5.85 Å². The number of aromatic nitrogens is 2. The van der Waals surface area contributed by atoms with E-state index >= 15 is 0 Å². The van der Waals surface area contributed by atoms with Crippen molar-refractivity contribution in [2.24, 2.45) is 5.73 Å². The van der Waals surface area contributed by atoms with Gasteiger partial charge in [0.05, 0.1) is 6.54 Å². The van der Waals surface area contributed by atoms with Gasteiger partial charge in [-0.05, 0) is 26.9 Å². The maximum absolute atomic E-state index is 12.6. The molecule has 0 saturated carbocycles. The Balaban J connectivity index is 2.17. The van der Waals surface area contributed by atoms with Crippen LogP contribution in [0.15, 0.2) is 36.7 Å². The summed E-state index contributed by atoms with van der Waals surface area (Å²) in [5, 5.41) is 0. The molecule has 0 spiro atoms. The van der Waals surface area contributed by atoms with Crippen molar-refractivity contribution in [2.45, 2.75) is 12.4 Å². The molecule has 7 heteroatoms. The highest BCUT2D eigenvalue weighted by Crippen LogP contribution is 2.28. The summed E-state index contributed by atoms with van der Waals surface area (Å²) in [4.78, 5) is 8.13. The lowest BCUT2D eigenvalue weighted by Crippen LogP contribution is -2.14. The SMILES string of the molecule is NCc1ncc(-c2ccc(OC(F)(F)P)cc2)cn1. The van der Waals surface area contributed by atoms with Crippen molar-refractivity contribution in [3.63, 3.8) is 0 Å². The molecule has 0 amide bonds. The zero-order chi connectivity index (χ0) is 13.9. The molecule has 0 saturated heterocycles. The Labute approximate surface area is 111 Å². The molecule has 2 rings (SSSR count). The van der Waals surface area contributed by atoms with Gasteiger partial charge in [0, 0.05) is 18.0 Å². The second-order valence-corrected chi connectivity index (χ2v) is 4.45. The van der Waals surface area contributed by atoms with Crippen LogP contribution in [0.1, 0.15) is 5.82 Å². The number of nitrogens with two attached hydrogens (primary N) is 1. The van der Waals surface area contributed by atoms with Gasteiger partial charge >= 0.3 is 5.85 Å². The molecule has 19 heavy (non-hydrogen) atoms. The van der Waals surface area contributed by atoms with E-state index in [1.807, 2.05) is 0 Å². The van der Waals surface area contributed by atoms with Gasteiger partial charge in [0.15, 0.2) is 0 Å². The molecule has 1 aromatic heterocycles. The molecule has 100 valence electrons. The molecule has 0 aliphatic rings. The predicted molar refractivity (Wildman–Crippen MR) is 70.6 cm³/mol. The predicted octanol–water partition coefficient (Wildman–Crippen LogP) is 2.41. The number of alkyl halides is 2. The Morgan fingerprint density at radius 1 is 1.11 bits per heavy atom. The van der Waals surface area contributed by atoms with Crippen LogP contribution in [0, 0.1) is 0 Å². The van der Waals surface area contributed by atoms with Crippen LogP contribution >= 0.6 is 9.24 Å². The number of ether oxygens (including phenoxy) is 1. The molecule has 2 aromatic rings. The topological polar surface area (TPSA) is 61.0 Å². The quantitative estimate of drug-likeness (QED) is 0.875. The summed E-state index contributed by atoms with van der Waals surface area (Å²) >= 11 is 0. The summed E-state index contributed by atoms with van der Waals surface area (Å²) in [6.45, 7) is 0.274. The van der Waals surface area contributed by atoms with Gasteiger partial charge in [-0.1, -0.05) is 12.1 Å². The lowest BCUT2D eigenvalue weighted by atomic mass is 10.1. The first-order valence-corrected chi connectivity index (χ1v) is 6.03. The van der Waals surface area contributed by atoms with Gasteiger partial charge in [-0.3, -0.25) is 0 Å². The normalized spacial score (nSPS) is 11.4. The van der Waals surface area contributed by atoms with Gasteiger partial charge in [-0.15, -0.1) is 0 Å². The standard InChI is InChI=1S/C12H12F2N3OP/c13-12(14,19)18-10-3-1-8(2-4-10)9-6-16-11(5-15)17-7-9/h1-4,6-7H,5,15,19H2. The van der Waals surface area contributed by atoms with Crippen molar-refractivity contribution in [3.8, 4) is 16.9 Å². The summed E-state index contributed by atoms with van der Waals surface area (Å²) in [5.74, 6) is -2.64. The van der Waals surface area contributed by atoms with E-state index in [1.54, 1.807) is 24.5 Å². The Hall–Kier alpha value is -1.65.